The van der Waals surface area contributed by atoms with E-state index in [0.29, 0.717) is 16.7 Å². The fraction of sp³-hybridized carbons (Fsp3) is 0.292. The quantitative estimate of drug-likeness (QED) is 0.382. The maximum Gasteiger partial charge on any atom is 0.233 e. The van der Waals surface area contributed by atoms with Gasteiger partial charge in [-0.2, -0.15) is 0 Å². The van der Waals surface area contributed by atoms with E-state index in [9.17, 15) is 4.79 Å². The van der Waals surface area contributed by atoms with E-state index in [1.807, 2.05) is 41.8 Å². The molecule has 2 aromatic carbocycles. The minimum absolute atomic E-state index is 0.00731. The lowest BCUT2D eigenvalue weighted by Gasteiger charge is -2.27. The van der Waals surface area contributed by atoms with Crippen LogP contribution in [-0.2, 0) is 17.8 Å². The Morgan fingerprint density at radius 1 is 1.29 bits per heavy atom. The normalized spacial score (nSPS) is 16.4. The highest BCUT2D eigenvalue weighted by Crippen LogP contribution is 2.31. The van der Waals surface area contributed by atoms with Gasteiger partial charge in [-0.25, -0.2) is 0 Å². The largest absolute Gasteiger partial charge is 0.348 e. The minimum atomic E-state index is -0.306. The van der Waals surface area contributed by atoms with E-state index in [1.165, 1.54) is 22.9 Å². The molecule has 1 aliphatic carbocycles. The lowest BCUT2D eigenvalue weighted by molar-refractivity contribution is -0.121. The van der Waals surface area contributed by atoms with E-state index in [4.69, 9.17) is 11.6 Å². The van der Waals surface area contributed by atoms with Crippen LogP contribution in [0, 0.1) is 0 Å². The first-order chi connectivity index (χ1) is 15.1. The van der Waals surface area contributed by atoms with Crippen molar-refractivity contribution in [3.8, 4) is 11.4 Å². The molecule has 1 amide bonds. The predicted molar refractivity (Wildman–Crippen MR) is 126 cm³/mol. The van der Waals surface area contributed by atoms with E-state index < -0.39 is 0 Å². The second kappa shape index (κ2) is 9.71. The Bertz CT molecular complexity index is 1080. The van der Waals surface area contributed by atoms with Gasteiger partial charge in [0.25, 0.3) is 0 Å². The first-order valence-electron chi connectivity index (χ1n) is 10.4. The summed E-state index contributed by atoms with van der Waals surface area (Å²) in [4.78, 5) is 13.0. The van der Waals surface area contributed by atoms with Gasteiger partial charge < -0.3 is 5.32 Å². The average molecular weight is 453 g/mol. The van der Waals surface area contributed by atoms with E-state index >= 15 is 0 Å². The van der Waals surface area contributed by atoms with Crippen LogP contribution in [0.3, 0.4) is 0 Å². The molecule has 160 valence electrons. The third-order valence-corrected chi connectivity index (χ3v) is 6.80. The third-order valence-electron chi connectivity index (χ3n) is 5.47. The molecule has 0 saturated heterocycles. The Labute approximate surface area is 191 Å². The first-order valence-corrected chi connectivity index (χ1v) is 11.7. The minimum Gasteiger partial charge on any atom is -0.348 e. The molecule has 0 radical (unpaired) electrons. The van der Waals surface area contributed by atoms with E-state index in [1.54, 1.807) is 6.08 Å². The van der Waals surface area contributed by atoms with Crippen molar-refractivity contribution >= 4 is 29.3 Å². The van der Waals surface area contributed by atoms with Crippen LogP contribution in [0.5, 0.6) is 0 Å². The Morgan fingerprint density at radius 2 is 2.06 bits per heavy atom. The van der Waals surface area contributed by atoms with Gasteiger partial charge in [0.05, 0.1) is 11.3 Å². The van der Waals surface area contributed by atoms with E-state index in [2.05, 4.69) is 40.3 Å². The maximum absolute atomic E-state index is 13.0. The number of rotatable bonds is 7. The highest BCUT2D eigenvalue weighted by atomic mass is 35.5. The van der Waals surface area contributed by atoms with Crippen molar-refractivity contribution < 1.29 is 4.79 Å². The van der Waals surface area contributed by atoms with Crippen LogP contribution in [0.4, 0.5) is 0 Å². The van der Waals surface area contributed by atoms with Crippen LogP contribution in [0.1, 0.15) is 36.9 Å². The van der Waals surface area contributed by atoms with Gasteiger partial charge in [0.1, 0.15) is 0 Å². The summed E-state index contributed by atoms with van der Waals surface area (Å²) in [6, 6.07) is 15.9. The summed E-state index contributed by atoms with van der Waals surface area (Å²) in [5, 5.41) is 13.0. The van der Waals surface area contributed by atoms with Crippen LogP contribution < -0.4 is 5.32 Å². The highest BCUT2D eigenvalue weighted by Gasteiger charge is 2.25. The smallest absolute Gasteiger partial charge is 0.233 e. The number of nitrogens with zero attached hydrogens (tertiary/aromatic N) is 3. The van der Waals surface area contributed by atoms with Crippen molar-refractivity contribution in [2.45, 2.75) is 49.2 Å². The lowest BCUT2D eigenvalue weighted by atomic mass is 9.88. The number of allylic oxidation sites excluding steroid dienone is 1. The van der Waals surface area contributed by atoms with Crippen molar-refractivity contribution in [1.82, 2.24) is 20.1 Å². The summed E-state index contributed by atoms with van der Waals surface area (Å²) in [5.74, 6) is 0.737. The number of hydrogen-bond acceptors (Lipinski definition) is 4. The molecule has 2 unspecified atom stereocenters. The monoisotopic (exact) mass is 452 g/mol. The van der Waals surface area contributed by atoms with Crippen LogP contribution >= 0.6 is 23.4 Å². The molecule has 1 aliphatic rings. The molecule has 1 aromatic heterocycles. The van der Waals surface area contributed by atoms with Gasteiger partial charge in [0.2, 0.25) is 5.91 Å². The standard InChI is InChI=1S/C24H25ClN4OS/c1-3-15-29-22(18-11-13-19(25)14-12-18)27-28-24(29)31-16(2)23(30)26-21-10-6-8-17-7-4-5-9-20(17)21/h3-5,7,9,11-14,16,21H,1,6,8,10,15H2,2H3,(H,26,30). The molecule has 1 N–H and O–H groups in total. The Balaban J connectivity index is 1.49. The number of amides is 1. The molecule has 2 atom stereocenters. The van der Waals surface area contributed by atoms with E-state index in [-0.39, 0.29) is 17.2 Å². The molecule has 1 heterocycles. The Hall–Kier alpha value is -2.57. The van der Waals surface area contributed by atoms with Gasteiger partial charge in [-0.3, -0.25) is 9.36 Å². The number of hydrogen-bond donors (Lipinski definition) is 1. The SMILES string of the molecule is C=CCn1c(SC(C)C(=O)NC2CCCc3ccccc32)nnc1-c1ccc(Cl)cc1. The number of halogens is 1. The van der Waals surface area contributed by atoms with Crippen LogP contribution in [0.2, 0.25) is 5.02 Å². The van der Waals surface area contributed by atoms with Crippen molar-refractivity contribution in [2.75, 3.05) is 0 Å². The summed E-state index contributed by atoms with van der Waals surface area (Å²) >= 11 is 7.42. The molecule has 0 saturated carbocycles. The number of nitrogens with one attached hydrogen (secondary N) is 1. The van der Waals surface area contributed by atoms with Gasteiger partial charge >= 0.3 is 0 Å². The molecular formula is C24H25ClN4OS. The Kier molecular flexibility index (Phi) is 6.78. The van der Waals surface area contributed by atoms with Crippen LogP contribution in [-0.4, -0.2) is 25.9 Å². The van der Waals surface area contributed by atoms with Crippen LogP contribution in [0.25, 0.3) is 11.4 Å². The first kappa shape index (κ1) is 21.7. The predicted octanol–water partition coefficient (Wildman–Crippen LogP) is 5.46. The zero-order valence-electron chi connectivity index (χ0n) is 17.4. The van der Waals surface area contributed by atoms with Crippen molar-refractivity contribution in [3.63, 3.8) is 0 Å². The number of fused-ring (bicyclic) bond motifs is 1. The number of benzene rings is 2. The number of carbonyl (C=O) groups excluding carboxylic acids is 1. The molecule has 3 aromatic rings. The summed E-state index contributed by atoms with van der Waals surface area (Å²) in [5.41, 5.74) is 3.48. The fourth-order valence-corrected chi connectivity index (χ4v) is 4.88. The fourth-order valence-electron chi connectivity index (χ4n) is 3.89. The van der Waals surface area contributed by atoms with Crippen molar-refractivity contribution in [1.29, 1.82) is 0 Å². The zero-order chi connectivity index (χ0) is 21.8. The third kappa shape index (κ3) is 4.86. The van der Waals surface area contributed by atoms with Crippen LogP contribution in [0.15, 0.2) is 66.3 Å². The molecule has 0 spiro atoms. The summed E-state index contributed by atoms with van der Waals surface area (Å²) < 4.78 is 1.97. The zero-order valence-corrected chi connectivity index (χ0v) is 19.0. The Morgan fingerprint density at radius 3 is 2.84 bits per heavy atom. The molecule has 0 aliphatic heterocycles. The van der Waals surface area contributed by atoms with Gasteiger partial charge in [0.15, 0.2) is 11.0 Å². The van der Waals surface area contributed by atoms with Crippen molar-refractivity contribution in [3.05, 3.63) is 77.3 Å². The van der Waals surface area contributed by atoms with Gasteiger partial charge in [0, 0.05) is 17.1 Å². The summed E-state index contributed by atoms with van der Waals surface area (Å²) in [6.07, 6.45) is 4.93. The van der Waals surface area contributed by atoms with Crippen molar-refractivity contribution in [2.24, 2.45) is 0 Å². The topological polar surface area (TPSA) is 59.8 Å². The highest BCUT2D eigenvalue weighted by molar-refractivity contribution is 8.00. The maximum atomic E-state index is 13.0. The number of aromatic nitrogens is 3. The molecule has 4 rings (SSSR count). The molecular weight excluding hydrogens is 428 g/mol. The van der Waals surface area contributed by atoms with Gasteiger partial charge in [-0.15, -0.1) is 16.8 Å². The second-order valence-electron chi connectivity index (χ2n) is 7.62. The second-order valence-corrected chi connectivity index (χ2v) is 9.37. The molecule has 31 heavy (non-hydrogen) atoms. The lowest BCUT2D eigenvalue weighted by Crippen LogP contribution is -2.36. The average Bonchev–Trinajstić information content (AvgIpc) is 3.17. The molecule has 7 heteroatoms. The molecule has 0 fully saturated rings. The van der Waals surface area contributed by atoms with Gasteiger partial charge in [-0.1, -0.05) is 53.7 Å². The number of aryl methyl sites for hydroxylation is 1. The summed E-state index contributed by atoms with van der Waals surface area (Å²) in [7, 11) is 0. The number of carbonyl (C=O) groups is 1. The molecule has 0 bridgehead atoms. The van der Waals surface area contributed by atoms with Gasteiger partial charge in [-0.05, 0) is 61.6 Å². The number of thioether (sulfide) groups is 1. The van der Waals surface area contributed by atoms with E-state index in [0.717, 1.165) is 30.7 Å². The summed E-state index contributed by atoms with van der Waals surface area (Å²) in [6.45, 7) is 6.31. The molecule has 5 nitrogen and oxygen atoms in total.